The van der Waals surface area contributed by atoms with Crippen molar-refractivity contribution in [2.45, 2.75) is 52.6 Å². The van der Waals surface area contributed by atoms with E-state index in [1.165, 1.54) is 15.3 Å². The molecule has 4 heteroatoms. The fourth-order valence-electron chi connectivity index (χ4n) is 2.28. The number of hydrogen-bond acceptors (Lipinski definition) is 3. The van der Waals surface area contributed by atoms with E-state index in [1.807, 2.05) is 22.2 Å². The zero-order chi connectivity index (χ0) is 14.4. The van der Waals surface area contributed by atoms with E-state index in [0.717, 1.165) is 32.4 Å². The van der Waals surface area contributed by atoms with Crippen molar-refractivity contribution in [3.05, 3.63) is 39.8 Å². The van der Waals surface area contributed by atoms with Crippen LogP contribution in [0.1, 0.15) is 48.6 Å². The molecule has 0 spiro atoms. The molecule has 2 heterocycles. The van der Waals surface area contributed by atoms with Crippen LogP contribution in [0.5, 0.6) is 0 Å². The third-order valence-corrected chi connectivity index (χ3v) is 4.81. The van der Waals surface area contributed by atoms with E-state index in [0.29, 0.717) is 6.04 Å². The maximum Gasteiger partial charge on any atom is 0.0522 e. The maximum atomic E-state index is 4.38. The van der Waals surface area contributed by atoms with Crippen LogP contribution in [0, 0.1) is 0 Å². The molecule has 0 aliphatic carbocycles. The van der Waals surface area contributed by atoms with Crippen molar-refractivity contribution in [2.75, 3.05) is 6.54 Å². The Bertz CT molecular complexity index is 515. The standard InChI is InChI=1S/C16H25N3S/c1-4-9-17-15(16-8-7-14(5-2)20-16)10-13-11-18-19(6-3)12-13/h7-8,11-12,15,17H,4-6,9-10H2,1-3H3. The predicted octanol–water partition coefficient (Wildman–Crippen LogP) is 3.81. The van der Waals surface area contributed by atoms with E-state index in [4.69, 9.17) is 0 Å². The SMILES string of the molecule is CCCNC(Cc1cnn(CC)c1)c1ccc(CC)s1. The summed E-state index contributed by atoms with van der Waals surface area (Å²) >= 11 is 1.93. The fourth-order valence-corrected chi connectivity index (χ4v) is 3.31. The Morgan fingerprint density at radius 2 is 2.15 bits per heavy atom. The van der Waals surface area contributed by atoms with Crippen molar-refractivity contribution >= 4 is 11.3 Å². The summed E-state index contributed by atoms with van der Waals surface area (Å²) in [5, 5.41) is 8.05. The Balaban J connectivity index is 2.09. The van der Waals surface area contributed by atoms with Crippen LogP contribution >= 0.6 is 11.3 Å². The first-order valence-electron chi connectivity index (χ1n) is 7.60. The van der Waals surface area contributed by atoms with Crippen LogP contribution in [0.15, 0.2) is 24.5 Å². The van der Waals surface area contributed by atoms with Gasteiger partial charge in [-0.15, -0.1) is 11.3 Å². The van der Waals surface area contributed by atoms with Crippen LogP contribution in [0.3, 0.4) is 0 Å². The largest absolute Gasteiger partial charge is 0.309 e. The Hall–Kier alpha value is -1.13. The minimum atomic E-state index is 0.412. The first-order chi connectivity index (χ1) is 9.76. The van der Waals surface area contributed by atoms with Crippen LogP contribution in [0.25, 0.3) is 0 Å². The second kappa shape index (κ2) is 7.60. The molecule has 2 rings (SSSR count). The first-order valence-corrected chi connectivity index (χ1v) is 8.41. The highest BCUT2D eigenvalue weighted by Gasteiger charge is 2.14. The number of nitrogens with one attached hydrogen (secondary N) is 1. The van der Waals surface area contributed by atoms with E-state index in [9.17, 15) is 0 Å². The topological polar surface area (TPSA) is 29.9 Å². The van der Waals surface area contributed by atoms with Gasteiger partial charge in [-0.2, -0.15) is 5.10 Å². The average Bonchev–Trinajstić information content (AvgIpc) is 3.12. The van der Waals surface area contributed by atoms with Gasteiger partial charge in [-0.25, -0.2) is 0 Å². The molecule has 2 aromatic rings. The summed E-state index contributed by atoms with van der Waals surface area (Å²) in [7, 11) is 0. The van der Waals surface area contributed by atoms with E-state index >= 15 is 0 Å². The maximum absolute atomic E-state index is 4.38. The molecule has 0 aromatic carbocycles. The summed E-state index contributed by atoms with van der Waals surface area (Å²) in [4.78, 5) is 2.91. The van der Waals surface area contributed by atoms with Crippen molar-refractivity contribution in [1.29, 1.82) is 0 Å². The molecule has 0 bridgehead atoms. The third-order valence-electron chi connectivity index (χ3n) is 3.47. The molecular weight excluding hydrogens is 266 g/mol. The normalized spacial score (nSPS) is 12.8. The van der Waals surface area contributed by atoms with Gasteiger partial charge in [0.25, 0.3) is 0 Å². The van der Waals surface area contributed by atoms with Crippen LogP contribution in [0.2, 0.25) is 0 Å². The van der Waals surface area contributed by atoms with Crippen molar-refractivity contribution in [3.8, 4) is 0 Å². The van der Waals surface area contributed by atoms with Crippen molar-refractivity contribution in [1.82, 2.24) is 15.1 Å². The summed E-state index contributed by atoms with van der Waals surface area (Å²) in [5.41, 5.74) is 1.31. The quantitative estimate of drug-likeness (QED) is 0.801. The number of aromatic nitrogens is 2. The minimum Gasteiger partial charge on any atom is -0.309 e. The third kappa shape index (κ3) is 3.93. The summed E-state index contributed by atoms with van der Waals surface area (Å²) in [6.07, 6.45) is 7.47. The van der Waals surface area contributed by atoms with Gasteiger partial charge in [0.15, 0.2) is 0 Å². The average molecular weight is 291 g/mol. The van der Waals surface area contributed by atoms with Gasteiger partial charge >= 0.3 is 0 Å². The number of rotatable bonds is 8. The zero-order valence-corrected chi connectivity index (χ0v) is 13.5. The molecule has 3 nitrogen and oxygen atoms in total. The number of aryl methyl sites for hydroxylation is 2. The van der Waals surface area contributed by atoms with Gasteiger partial charge in [0, 0.05) is 28.5 Å². The lowest BCUT2D eigenvalue weighted by Crippen LogP contribution is -2.23. The molecule has 0 aliphatic rings. The van der Waals surface area contributed by atoms with Gasteiger partial charge in [0.05, 0.1) is 6.20 Å². The monoisotopic (exact) mass is 291 g/mol. The van der Waals surface area contributed by atoms with Crippen LogP contribution in [-0.2, 0) is 19.4 Å². The van der Waals surface area contributed by atoms with Gasteiger partial charge in [-0.3, -0.25) is 4.68 Å². The van der Waals surface area contributed by atoms with Gasteiger partial charge in [0.1, 0.15) is 0 Å². The lowest BCUT2D eigenvalue weighted by molar-refractivity contribution is 0.536. The number of thiophene rings is 1. The van der Waals surface area contributed by atoms with E-state index in [-0.39, 0.29) is 0 Å². The molecule has 1 atom stereocenters. The zero-order valence-electron chi connectivity index (χ0n) is 12.7. The lowest BCUT2D eigenvalue weighted by atomic mass is 10.1. The molecule has 0 saturated heterocycles. The highest BCUT2D eigenvalue weighted by molar-refractivity contribution is 7.12. The second-order valence-electron chi connectivity index (χ2n) is 5.07. The molecule has 0 saturated carbocycles. The number of hydrogen-bond donors (Lipinski definition) is 1. The van der Waals surface area contributed by atoms with Crippen molar-refractivity contribution in [2.24, 2.45) is 0 Å². The molecule has 0 aliphatic heterocycles. The van der Waals surface area contributed by atoms with E-state index in [2.05, 4.69) is 49.5 Å². The molecule has 0 fully saturated rings. The molecular formula is C16H25N3S. The summed E-state index contributed by atoms with van der Waals surface area (Å²) in [6.45, 7) is 8.55. The van der Waals surface area contributed by atoms with Gasteiger partial charge in [-0.1, -0.05) is 13.8 Å². The van der Waals surface area contributed by atoms with Crippen molar-refractivity contribution in [3.63, 3.8) is 0 Å². The van der Waals surface area contributed by atoms with E-state index < -0.39 is 0 Å². The van der Waals surface area contributed by atoms with Gasteiger partial charge < -0.3 is 5.32 Å². The van der Waals surface area contributed by atoms with Crippen LogP contribution < -0.4 is 5.32 Å². The fraction of sp³-hybridized carbons (Fsp3) is 0.562. The van der Waals surface area contributed by atoms with E-state index in [1.54, 1.807) is 0 Å². The van der Waals surface area contributed by atoms with Crippen LogP contribution in [-0.4, -0.2) is 16.3 Å². The Morgan fingerprint density at radius 3 is 2.75 bits per heavy atom. The first kappa shape index (κ1) is 15.3. The molecule has 0 amide bonds. The van der Waals surface area contributed by atoms with Crippen molar-refractivity contribution < 1.29 is 0 Å². The van der Waals surface area contributed by atoms with Gasteiger partial charge in [-0.05, 0) is 50.4 Å². The second-order valence-corrected chi connectivity index (χ2v) is 6.27. The molecule has 110 valence electrons. The molecule has 20 heavy (non-hydrogen) atoms. The number of nitrogens with zero attached hydrogens (tertiary/aromatic N) is 2. The highest BCUT2D eigenvalue weighted by Crippen LogP contribution is 2.26. The highest BCUT2D eigenvalue weighted by atomic mass is 32.1. The molecule has 1 N–H and O–H groups in total. The Labute approximate surface area is 126 Å². The smallest absolute Gasteiger partial charge is 0.0522 e. The Morgan fingerprint density at radius 1 is 1.30 bits per heavy atom. The molecule has 1 unspecified atom stereocenters. The predicted molar refractivity (Wildman–Crippen MR) is 86.3 cm³/mol. The summed E-state index contributed by atoms with van der Waals surface area (Å²) < 4.78 is 2.00. The van der Waals surface area contributed by atoms with Gasteiger partial charge in [0.2, 0.25) is 0 Å². The lowest BCUT2D eigenvalue weighted by Gasteiger charge is -2.16. The molecule has 2 aromatic heterocycles. The summed E-state index contributed by atoms with van der Waals surface area (Å²) in [6, 6.07) is 4.95. The Kier molecular flexibility index (Phi) is 5.80. The molecule has 0 radical (unpaired) electrons. The summed E-state index contributed by atoms with van der Waals surface area (Å²) in [5.74, 6) is 0. The minimum absolute atomic E-state index is 0.412. The van der Waals surface area contributed by atoms with Crippen LogP contribution in [0.4, 0.5) is 0 Å².